The minimum Gasteiger partial charge on any atom is -0.494 e. The fourth-order valence-electron chi connectivity index (χ4n) is 2.52. The van der Waals surface area contributed by atoms with Crippen molar-refractivity contribution in [2.24, 2.45) is 0 Å². The summed E-state index contributed by atoms with van der Waals surface area (Å²) < 4.78 is 23.1. The lowest BCUT2D eigenvalue weighted by atomic mass is 10.1. The first kappa shape index (κ1) is 17.8. The first-order valence-electron chi connectivity index (χ1n) is 7.22. The zero-order valence-electron chi connectivity index (χ0n) is 13.7. The molecule has 3 aromatic rings. The van der Waals surface area contributed by atoms with Crippen LogP contribution in [0.15, 0.2) is 48.5 Å². The van der Waals surface area contributed by atoms with Gasteiger partial charge in [0, 0.05) is 11.6 Å². The summed E-state index contributed by atoms with van der Waals surface area (Å²) in [6, 6.07) is 8.45. The summed E-state index contributed by atoms with van der Waals surface area (Å²) >= 11 is 6.85. The van der Waals surface area contributed by atoms with Crippen LogP contribution in [0.2, 0.25) is 0 Å². The highest BCUT2D eigenvalue weighted by Crippen LogP contribution is 2.40. The van der Waals surface area contributed by atoms with E-state index < -0.39 is 0 Å². The Morgan fingerprint density at radius 2 is 1.64 bits per heavy atom. The van der Waals surface area contributed by atoms with Crippen LogP contribution in [0.25, 0.3) is 22.3 Å². The Morgan fingerprint density at radius 3 is 2.28 bits per heavy atom. The Bertz CT molecular complexity index is 1010. The fraction of sp³-hybridized carbons (Fsp3) is 0.167. The molecule has 0 saturated heterocycles. The standard InChI is InChI=1S/C18H14Br2O5/c1-22-13-5-4-9(6-15(13)23-2)14-8-12(21)10-7-11(19)18(24-3)16(20)17(10)25-14/h4-8H,1-3H3. The molecule has 2 aromatic carbocycles. The number of methoxy groups -OCH3 is 3. The molecule has 130 valence electrons. The van der Waals surface area contributed by atoms with Gasteiger partial charge in [-0.2, -0.15) is 0 Å². The third-order valence-corrected chi connectivity index (χ3v) is 5.05. The van der Waals surface area contributed by atoms with Crippen LogP contribution in [0, 0.1) is 0 Å². The van der Waals surface area contributed by atoms with Crippen molar-refractivity contribution in [2.45, 2.75) is 0 Å². The lowest BCUT2D eigenvalue weighted by Crippen LogP contribution is -2.02. The van der Waals surface area contributed by atoms with Gasteiger partial charge in [0.25, 0.3) is 0 Å². The second kappa shape index (κ2) is 7.09. The SMILES string of the molecule is COc1ccc(-c2cc(=O)c3cc(Br)c(OC)c(Br)c3o2)cc1OC. The van der Waals surface area contributed by atoms with E-state index in [1.807, 2.05) is 0 Å². The number of hydrogen-bond acceptors (Lipinski definition) is 5. The zero-order valence-corrected chi connectivity index (χ0v) is 16.9. The number of rotatable bonds is 4. The molecule has 0 atom stereocenters. The molecule has 0 aliphatic carbocycles. The van der Waals surface area contributed by atoms with Crippen LogP contribution < -0.4 is 19.6 Å². The largest absolute Gasteiger partial charge is 0.494 e. The molecular weight excluding hydrogens is 456 g/mol. The van der Waals surface area contributed by atoms with E-state index in [2.05, 4.69) is 31.9 Å². The lowest BCUT2D eigenvalue weighted by Gasteiger charge is -2.11. The van der Waals surface area contributed by atoms with E-state index in [4.69, 9.17) is 18.6 Å². The molecule has 1 aromatic heterocycles. The molecule has 25 heavy (non-hydrogen) atoms. The normalized spacial score (nSPS) is 10.8. The highest BCUT2D eigenvalue weighted by molar-refractivity contribution is 9.11. The van der Waals surface area contributed by atoms with E-state index in [0.717, 1.165) is 0 Å². The van der Waals surface area contributed by atoms with Gasteiger partial charge in [0.05, 0.1) is 31.2 Å². The van der Waals surface area contributed by atoms with E-state index in [9.17, 15) is 4.79 Å². The Hall–Kier alpha value is -1.99. The Morgan fingerprint density at radius 1 is 0.920 bits per heavy atom. The van der Waals surface area contributed by atoms with Gasteiger partial charge in [0.1, 0.15) is 10.2 Å². The third-order valence-electron chi connectivity index (χ3n) is 3.74. The van der Waals surface area contributed by atoms with Crippen molar-refractivity contribution >= 4 is 42.8 Å². The van der Waals surface area contributed by atoms with Gasteiger partial charge in [-0.05, 0) is 56.1 Å². The summed E-state index contributed by atoms with van der Waals surface area (Å²) in [5.74, 6) is 2.13. The molecular formula is C18H14Br2O5. The molecule has 0 aliphatic heterocycles. The van der Waals surface area contributed by atoms with Crippen molar-refractivity contribution in [1.82, 2.24) is 0 Å². The second-order valence-electron chi connectivity index (χ2n) is 5.13. The molecule has 1 heterocycles. The molecule has 0 saturated carbocycles. The van der Waals surface area contributed by atoms with Gasteiger partial charge < -0.3 is 18.6 Å². The first-order chi connectivity index (χ1) is 12.0. The van der Waals surface area contributed by atoms with Crippen molar-refractivity contribution in [3.63, 3.8) is 0 Å². The van der Waals surface area contributed by atoms with Crippen LogP contribution in [-0.2, 0) is 0 Å². The summed E-state index contributed by atoms with van der Waals surface area (Å²) in [4.78, 5) is 12.6. The molecule has 3 rings (SSSR count). The van der Waals surface area contributed by atoms with Crippen LogP contribution in [-0.4, -0.2) is 21.3 Å². The molecule has 0 radical (unpaired) electrons. The van der Waals surface area contributed by atoms with Crippen LogP contribution >= 0.6 is 31.9 Å². The predicted octanol–water partition coefficient (Wildman–Crippen LogP) is 5.01. The lowest BCUT2D eigenvalue weighted by molar-refractivity contribution is 0.355. The van der Waals surface area contributed by atoms with E-state index in [-0.39, 0.29) is 5.43 Å². The van der Waals surface area contributed by atoms with Crippen molar-refractivity contribution in [1.29, 1.82) is 0 Å². The molecule has 0 bridgehead atoms. The Balaban J connectivity index is 2.27. The second-order valence-corrected chi connectivity index (χ2v) is 6.77. The van der Waals surface area contributed by atoms with E-state index in [0.29, 0.717) is 48.5 Å². The maximum Gasteiger partial charge on any atom is 0.193 e. The maximum atomic E-state index is 12.6. The average molecular weight is 470 g/mol. The van der Waals surface area contributed by atoms with Gasteiger partial charge in [0.15, 0.2) is 28.3 Å². The molecule has 0 aliphatic rings. The van der Waals surface area contributed by atoms with Crippen LogP contribution in [0.1, 0.15) is 0 Å². The summed E-state index contributed by atoms with van der Waals surface area (Å²) in [7, 11) is 4.67. The van der Waals surface area contributed by atoms with Gasteiger partial charge in [0.2, 0.25) is 0 Å². The molecule has 5 nitrogen and oxygen atoms in total. The van der Waals surface area contributed by atoms with Gasteiger partial charge in [-0.15, -0.1) is 0 Å². The zero-order chi connectivity index (χ0) is 18.1. The number of fused-ring (bicyclic) bond motifs is 1. The third kappa shape index (κ3) is 3.14. The Labute approximate surface area is 160 Å². The van der Waals surface area contributed by atoms with Crippen LogP contribution in [0.3, 0.4) is 0 Å². The van der Waals surface area contributed by atoms with Gasteiger partial charge in [-0.25, -0.2) is 0 Å². The minimum absolute atomic E-state index is 0.157. The first-order valence-corrected chi connectivity index (χ1v) is 8.81. The summed E-state index contributed by atoms with van der Waals surface area (Å²) in [5.41, 5.74) is 0.956. The summed E-state index contributed by atoms with van der Waals surface area (Å²) in [6.07, 6.45) is 0. The highest BCUT2D eigenvalue weighted by Gasteiger charge is 2.17. The number of benzene rings is 2. The molecule has 7 heteroatoms. The summed E-state index contributed by atoms with van der Waals surface area (Å²) in [6.45, 7) is 0. The average Bonchev–Trinajstić information content (AvgIpc) is 2.62. The number of halogens is 2. The van der Waals surface area contributed by atoms with Crippen molar-refractivity contribution in [3.05, 3.63) is 49.5 Å². The van der Waals surface area contributed by atoms with Gasteiger partial charge >= 0.3 is 0 Å². The van der Waals surface area contributed by atoms with Crippen molar-refractivity contribution < 1.29 is 18.6 Å². The topological polar surface area (TPSA) is 57.9 Å². The number of hydrogen-bond donors (Lipinski definition) is 0. The number of ether oxygens (including phenoxy) is 3. The van der Waals surface area contributed by atoms with E-state index >= 15 is 0 Å². The minimum atomic E-state index is -0.157. The molecule has 0 N–H and O–H groups in total. The van der Waals surface area contributed by atoms with Gasteiger partial charge in [-0.3, -0.25) is 4.79 Å². The van der Waals surface area contributed by atoms with E-state index in [1.54, 1.807) is 45.6 Å². The van der Waals surface area contributed by atoms with Crippen LogP contribution in [0.5, 0.6) is 17.2 Å². The van der Waals surface area contributed by atoms with E-state index in [1.165, 1.54) is 6.07 Å². The molecule has 0 fully saturated rings. The smallest absolute Gasteiger partial charge is 0.193 e. The van der Waals surface area contributed by atoms with Crippen molar-refractivity contribution in [2.75, 3.05) is 21.3 Å². The Kier molecular flexibility index (Phi) is 5.06. The maximum absolute atomic E-state index is 12.6. The monoisotopic (exact) mass is 468 g/mol. The predicted molar refractivity (Wildman–Crippen MR) is 103 cm³/mol. The van der Waals surface area contributed by atoms with Gasteiger partial charge in [-0.1, -0.05) is 0 Å². The fourth-order valence-corrected chi connectivity index (χ4v) is 4.05. The van der Waals surface area contributed by atoms with Crippen LogP contribution in [0.4, 0.5) is 0 Å². The summed E-state index contributed by atoms with van der Waals surface area (Å²) in [5, 5.41) is 0.448. The molecule has 0 spiro atoms. The van der Waals surface area contributed by atoms with Crippen molar-refractivity contribution in [3.8, 4) is 28.6 Å². The molecule has 0 unspecified atom stereocenters. The molecule has 0 amide bonds. The quantitative estimate of drug-likeness (QED) is 0.537. The highest BCUT2D eigenvalue weighted by atomic mass is 79.9.